The van der Waals surface area contributed by atoms with E-state index in [1.165, 1.54) is 22.9 Å². The minimum atomic E-state index is -0.0626. The molecule has 0 unspecified atom stereocenters. The summed E-state index contributed by atoms with van der Waals surface area (Å²) in [7, 11) is 0. The van der Waals surface area contributed by atoms with Crippen LogP contribution in [-0.4, -0.2) is 27.4 Å². The molecule has 1 saturated heterocycles. The maximum absolute atomic E-state index is 12.9. The maximum Gasteiger partial charge on any atom is 0.242 e. The zero-order valence-corrected chi connectivity index (χ0v) is 16.9. The molecular formula is C22H25N3OS. The van der Waals surface area contributed by atoms with Crippen molar-refractivity contribution in [3.8, 4) is 0 Å². The molecule has 0 radical (unpaired) electrons. The van der Waals surface area contributed by atoms with Crippen LogP contribution < -0.4 is 0 Å². The molecule has 1 heterocycles. The Labute approximate surface area is 165 Å². The standard InChI is InChI=1S/C22H25N3OS/c1-4-7-20-21(26)25(15-19-9-6-5-8-17(19)3)22(27-20)24-23-14-18-12-10-16(2)11-13-18/h5-6,8-14,20H,4,7,15H2,1-3H3/b23-14-,24-22+/t20-/m1/s1. The summed E-state index contributed by atoms with van der Waals surface area (Å²) in [4.78, 5) is 14.6. The van der Waals surface area contributed by atoms with Crippen LogP contribution in [0.25, 0.3) is 0 Å². The van der Waals surface area contributed by atoms with E-state index in [4.69, 9.17) is 0 Å². The van der Waals surface area contributed by atoms with Crippen LogP contribution >= 0.6 is 11.8 Å². The SMILES string of the molecule is CCC[C@H]1S/C(=N/N=C\c2ccc(C)cc2)N(Cc2ccccc2C)C1=O. The largest absolute Gasteiger partial charge is 0.284 e. The molecule has 0 aromatic heterocycles. The molecular weight excluding hydrogens is 354 g/mol. The number of carbonyl (C=O) groups is 1. The lowest BCUT2D eigenvalue weighted by molar-refractivity contribution is -0.126. The van der Waals surface area contributed by atoms with Crippen LogP contribution in [0.3, 0.4) is 0 Å². The molecule has 140 valence electrons. The summed E-state index contributed by atoms with van der Waals surface area (Å²) < 4.78 is 0. The second-order valence-electron chi connectivity index (χ2n) is 6.78. The van der Waals surface area contributed by atoms with Gasteiger partial charge in [-0.05, 0) is 37.0 Å². The fraction of sp³-hybridized carbons (Fsp3) is 0.318. The number of nitrogens with zero attached hydrogens (tertiary/aromatic N) is 3. The van der Waals surface area contributed by atoms with Crippen LogP contribution in [0, 0.1) is 13.8 Å². The van der Waals surface area contributed by atoms with Gasteiger partial charge in [0, 0.05) is 0 Å². The van der Waals surface area contributed by atoms with E-state index in [0.29, 0.717) is 11.7 Å². The summed E-state index contributed by atoms with van der Waals surface area (Å²) in [5.74, 6) is 0.134. The Kier molecular flexibility index (Phi) is 6.45. The van der Waals surface area contributed by atoms with E-state index in [0.717, 1.165) is 24.0 Å². The molecule has 1 aliphatic heterocycles. The zero-order valence-electron chi connectivity index (χ0n) is 16.1. The predicted molar refractivity (Wildman–Crippen MR) is 114 cm³/mol. The second kappa shape index (κ2) is 9.00. The van der Waals surface area contributed by atoms with Crippen LogP contribution in [0.4, 0.5) is 0 Å². The average molecular weight is 380 g/mol. The van der Waals surface area contributed by atoms with Gasteiger partial charge in [0.25, 0.3) is 0 Å². The van der Waals surface area contributed by atoms with E-state index in [2.05, 4.69) is 43.1 Å². The van der Waals surface area contributed by atoms with Gasteiger partial charge in [0.05, 0.1) is 18.0 Å². The normalized spacial score (nSPS) is 18.8. The molecule has 1 aliphatic rings. The smallest absolute Gasteiger partial charge is 0.242 e. The predicted octanol–water partition coefficient (Wildman–Crippen LogP) is 4.94. The Hall–Kier alpha value is -2.40. The van der Waals surface area contributed by atoms with E-state index in [9.17, 15) is 4.79 Å². The molecule has 5 heteroatoms. The minimum absolute atomic E-state index is 0.0626. The van der Waals surface area contributed by atoms with Gasteiger partial charge >= 0.3 is 0 Å². The van der Waals surface area contributed by atoms with Crippen molar-refractivity contribution in [2.24, 2.45) is 10.2 Å². The van der Waals surface area contributed by atoms with Gasteiger partial charge < -0.3 is 0 Å². The summed E-state index contributed by atoms with van der Waals surface area (Å²) in [5.41, 5.74) is 4.52. The third kappa shape index (κ3) is 4.86. The summed E-state index contributed by atoms with van der Waals surface area (Å²) in [5, 5.41) is 9.25. The summed E-state index contributed by atoms with van der Waals surface area (Å²) >= 11 is 1.53. The number of benzene rings is 2. The summed E-state index contributed by atoms with van der Waals surface area (Å²) in [6.45, 7) is 6.76. The monoisotopic (exact) mass is 379 g/mol. The van der Waals surface area contributed by atoms with E-state index < -0.39 is 0 Å². The van der Waals surface area contributed by atoms with Gasteiger partial charge in [-0.1, -0.05) is 79.2 Å². The fourth-order valence-electron chi connectivity index (χ4n) is 2.93. The van der Waals surface area contributed by atoms with Crippen molar-refractivity contribution >= 4 is 29.1 Å². The van der Waals surface area contributed by atoms with E-state index in [1.807, 2.05) is 36.4 Å². The third-order valence-corrected chi connectivity index (χ3v) is 5.82. The first-order valence-electron chi connectivity index (χ1n) is 9.28. The van der Waals surface area contributed by atoms with Crippen molar-refractivity contribution in [1.29, 1.82) is 0 Å². The van der Waals surface area contributed by atoms with Crippen molar-refractivity contribution in [2.75, 3.05) is 0 Å². The number of rotatable bonds is 6. The number of hydrogen-bond donors (Lipinski definition) is 0. The highest BCUT2D eigenvalue weighted by Gasteiger charge is 2.37. The molecule has 2 aromatic carbocycles. The highest BCUT2D eigenvalue weighted by Crippen LogP contribution is 2.32. The van der Waals surface area contributed by atoms with Crippen LogP contribution in [0.15, 0.2) is 58.7 Å². The second-order valence-corrected chi connectivity index (χ2v) is 7.95. The molecule has 0 bridgehead atoms. The van der Waals surface area contributed by atoms with E-state index in [1.54, 1.807) is 11.1 Å². The molecule has 0 spiro atoms. The zero-order chi connectivity index (χ0) is 19.2. The Balaban J connectivity index is 1.82. The first kappa shape index (κ1) is 19.4. The van der Waals surface area contributed by atoms with Gasteiger partial charge in [-0.25, -0.2) is 0 Å². The van der Waals surface area contributed by atoms with Gasteiger partial charge in [0.15, 0.2) is 5.17 Å². The lowest BCUT2D eigenvalue weighted by Crippen LogP contribution is -2.31. The number of amides is 1. The molecule has 0 N–H and O–H groups in total. The number of thioether (sulfide) groups is 1. The fourth-order valence-corrected chi connectivity index (χ4v) is 4.14. The molecule has 3 rings (SSSR count). The third-order valence-electron chi connectivity index (χ3n) is 4.59. The Bertz CT molecular complexity index is 858. The Morgan fingerprint density at radius 2 is 1.85 bits per heavy atom. The highest BCUT2D eigenvalue weighted by molar-refractivity contribution is 8.15. The number of hydrogen-bond acceptors (Lipinski definition) is 4. The topological polar surface area (TPSA) is 45.0 Å². The van der Waals surface area contributed by atoms with Crippen molar-refractivity contribution < 1.29 is 4.79 Å². The minimum Gasteiger partial charge on any atom is -0.284 e. The number of amidine groups is 1. The molecule has 2 aromatic rings. The Morgan fingerprint density at radius 3 is 2.56 bits per heavy atom. The summed E-state index contributed by atoms with van der Waals surface area (Å²) in [6, 6.07) is 16.3. The van der Waals surface area contributed by atoms with Gasteiger partial charge in [0.2, 0.25) is 5.91 Å². The van der Waals surface area contributed by atoms with Crippen LogP contribution in [-0.2, 0) is 11.3 Å². The average Bonchev–Trinajstić information content (AvgIpc) is 2.95. The number of aryl methyl sites for hydroxylation is 2. The van der Waals surface area contributed by atoms with Gasteiger partial charge in [-0.3, -0.25) is 9.69 Å². The Morgan fingerprint density at radius 1 is 1.11 bits per heavy atom. The molecule has 1 atom stereocenters. The van der Waals surface area contributed by atoms with Crippen molar-refractivity contribution in [1.82, 2.24) is 4.90 Å². The molecule has 1 fully saturated rings. The van der Waals surface area contributed by atoms with Gasteiger partial charge in [-0.2, -0.15) is 5.10 Å². The van der Waals surface area contributed by atoms with Crippen molar-refractivity contribution in [3.63, 3.8) is 0 Å². The lowest BCUT2D eigenvalue weighted by atomic mass is 10.1. The number of carbonyl (C=O) groups excluding carboxylic acids is 1. The van der Waals surface area contributed by atoms with E-state index >= 15 is 0 Å². The van der Waals surface area contributed by atoms with Crippen LogP contribution in [0.2, 0.25) is 0 Å². The molecule has 0 saturated carbocycles. The summed E-state index contributed by atoms with van der Waals surface area (Å²) in [6.07, 6.45) is 3.56. The quantitative estimate of drug-likeness (QED) is 0.527. The molecule has 4 nitrogen and oxygen atoms in total. The first-order valence-corrected chi connectivity index (χ1v) is 10.2. The molecule has 1 amide bonds. The lowest BCUT2D eigenvalue weighted by Gasteiger charge is -2.17. The molecule has 27 heavy (non-hydrogen) atoms. The van der Waals surface area contributed by atoms with Crippen molar-refractivity contribution in [2.45, 2.75) is 45.4 Å². The highest BCUT2D eigenvalue weighted by atomic mass is 32.2. The first-order chi connectivity index (χ1) is 13.1. The molecule has 0 aliphatic carbocycles. The van der Waals surface area contributed by atoms with Gasteiger partial charge in [-0.15, -0.1) is 5.10 Å². The maximum atomic E-state index is 12.9. The van der Waals surface area contributed by atoms with Crippen LogP contribution in [0.5, 0.6) is 0 Å². The van der Waals surface area contributed by atoms with Gasteiger partial charge in [0.1, 0.15) is 0 Å². The van der Waals surface area contributed by atoms with Crippen LogP contribution in [0.1, 0.15) is 42.0 Å². The van der Waals surface area contributed by atoms with Crippen molar-refractivity contribution in [3.05, 3.63) is 70.8 Å². The van der Waals surface area contributed by atoms with E-state index in [-0.39, 0.29) is 11.2 Å².